The molecule has 40 heavy (non-hydrogen) atoms. The third-order valence-corrected chi connectivity index (χ3v) is 6.45. The van der Waals surface area contributed by atoms with Gasteiger partial charge in [0.25, 0.3) is 0 Å². The highest BCUT2D eigenvalue weighted by Crippen LogP contribution is 2.30. The van der Waals surface area contributed by atoms with Crippen LogP contribution in [0.4, 0.5) is 13.2 Å². The quantitative estimate of drug-likeness (QED) is 0.160. The summed E-state index contributed by atoms with van der Waals surface area (Å²) in [6.45, 7) is 3.47. The Balaban J connectivity index is 1.45. The molecule has 0 spiro atoms. The normalized spacial score (nSPS) is 11.8. The van der Waals surface area contributed by atoms with Crippen LogP contribution in [-0.4, -0.2) is 32.0 Å². The van der Waals surface area contributed by atoms with E-state index < -0.39 is 29.1 Å². The number of aliphatic carboxylic acids is 1. The Morgan fingerprint density at radius 2 is 1.55 bits per heavy atom. The van der Waals surface area contributed by atoms with Crippen molar-refractivity contribution in [2.24, 2.45) is 0 Å². The van der Waals surface area contributed by atoms with Gasteiger partial charge in [-0.2, -0.15) is 13.2 Å². The zero-order valence-electron chi connectivity index (χ0n) is 22.1. The first-order valence-corrected chi connectivity index (χ1v) is 12.8. The maximum absolute atomic E-state index is 13.3. The van der Waals surface area contributed by atoms with E-state index in [1.165, 1.54) is 26.0 Å². The van der Waals surface area contributed by atoms with Crippen LogP contribution in [0.1, 0.15) is 54.0 Å². The largest absolute Gasteiger partial charge is 0.478 e. The van der Waals surface area contributed by atoms with Crippen molar-refractivity contribution >= 4 is 11.8 Å². The molecule has 0 unspecified atom stereocenters. The highest BCUT2D eigenvalue weighted by atomic mass is 19.4. The Kier molecular flexibility index (Phi) is 8.42. The van der Waals surface area contributed by atoms with Crippen LogP contribution in [0.15, 0.2) is 85.1 Å². The summed E-state index contributed by atoms with van der Waals surface area (Å²) in [5.41, 5.74) is 0.472. The minimum Gasteiger partial charge on any atom is -0.478 e. The molecule has 3 aromatic carbocycles. The molecule has 0 saturated heterocycles. The monoisotopic (exact) mass is 550 g/mol. The smallest absolute Gasteiger partial charge is 0.416 e. The van der Waals surface area contributed by atoms with Gasteiger partial charge >= 0.3 is 12.1 Å². The number of alkyl halides is 3. The third-order valence-electron chi connectivity index (χ3n) is 6.45. The Labute approximate surface area is 230 Å². The molecular weight excluding hydrogens is 521 g/mol. The number of rotatable bonds is 11. The first-order chi connectivity index (χ1) is 18.9. The Morgan fingerprint density at radius 1 is 0.900 bits per heavy atom. The number of carbonyl (C=O) groups excluding carboxylic acids is 1. The van der Waals surface area contributed by atoms with E-state index in [2.05, 4.69) is 4.98 Å². The predicted octanol–water partition coefficient (Wildman–Crippen LogP) is 7.06. The van der Waals surface area contributed by atoms with Crippen LogP contribution in [0.2, 0.25) is 0 Å². The van der Waals surface area contributed by atoms with Crippen LogP contribution in [-0.2, 0) is 23.9 Å². The predicted molar refractivity (Wildman–Crippen MR) is 144 cm³/mol. The SMILES string of the molecule is CC(C)(Oc1ccc(CCCCn2cc(-c3ccccc3)nc2C(=O)c2ccc(C(F)(F)F)cc2)cc1)C(=O)O. The average Bonchev–Trinajstić information content (AvgIpc) is 3.35. The molecule has 0 aliphatic rings. The summed E-state index contributed by atoms with van der Waals surface area (Å²) in [5, 5.41) is 9.23. The van der Waals surface area contributed by atoms with Crippen LogP contribution in [0.5, 0.6) is 5.75 Å². The van der Waals surface area contributed by atoms with Gasteiger partial charge in [-0.1, -0.05) is 54.6 Å². The van der Waals surface area contributed by atoms with E-state index in [4.69, 9.17) is 4.74 Å². The average molecular weight is 551 g/mol. The van der Waals surface area contributed by atoms with E-state index in [9.17, 15) is 27.9 Å². The second-order valence-corrected chi connectivity index (χ2v) is 9.93. The summed E-state index contributed by atoms with van der Waals surface area (Å²) in [5.74, 6) is -0.867. The number of halogens is 3. The van der Waals surface area contributed by atoms with Gasteiger partial charge in [0.2, 0.25) is 5.78 Å². The molecule has 0 atom stereocenters. The number of hydrogen-bond acceptors (Lipinski definition) is 4. The van der Waals surface area contributed by atoms with Crippen molar-refractivity contribution in [3.63, 3.8) is 0 Å². The fraction of sp³-hybridized carbons (Fsp3) is 0.258. The molecule has 1 heterocycles. The highest BCUT2D eigenvalue weighted by molar-refractivity contribution is 6.07. The molecule has 0 aliphatic heterocycles. The molecule has 0 aliphatic carbocycles. The van der Waals surface area contributed by atoms with Gasteiger partial charge in [-0.25, -0.2) is 9.78 Å². The summed E-state index contributed by atoms with van der Waals surface area (Å²) < 4.78 is 46.2. The van der Waals surface area contributed by atoms with E-state index >= 15 is 0 Å². The Morgan fingerprint density at radius 3 is 2.15 bits per heavy atom. The van der Waals surface area contributed by atoms with Gasteiger partial charge in [-0.15, -0.1) is 0 Å². The van der Waals surface area contributed by atoms with Crippen molar-refractivity contribution in [1.29, 1.82) is 0 Å². The summed E-state index contributed by atoms with van der Waals surface area (Å²) in [4.78, 5) is 29.1. The maximum atomic E-state index is 13.3. The molecule has 0 bridgehead atoms. The number of hydrogen-bond donors (Lipinski definition) is 1. The van der Waals surface area contributed by atoms with Gasteiger partial charge < -0.3 is 14.4 Å². The molecule has 1 N–H and O–H groups in total. The van der Waals surface area contributed by atoms with Crippen molar-refractivity contribution in [1.82, 2.24) is 9.55 Å². The van der Waals surface area contributed by atoms with Gasteiger partial charge in [-0.3, -0.25) is 4.79 Å². The number of aryl methyl sites for hydroxylation is 2. The van der Waals surface area contributed by atoms with Crippen molar-refractivity contribution in [2.75, 3.05) is 0 Å². The van der Waals surface area contributed by atoms with Crippen LogP contribution in [0.3, 0.4) is 0 Å². The van der Waals surface area contributed by atoms with Crippen LogP contribution < -0.4 is 4.74 Å². The molecule has 1 aromatic heterocycles. The fourth-order valence-corrected chi connectivity index (χ4v) is 4.13. The van der Waals surface area contributed by atoms with Gasteiger partial charge in [0.15, 0.2) is 11.4 Å². The zero-order chi connectivity index (χ0) is 28.9. The molecular formula is C31H29F3N2O4. The van der Waals surface area contributed by atoms with E-state index in [1.807, 2.05) is 42.5 Å². The number of unbranched alkanes of at least 4 members (excludes halogenated alkanes) is 1. The second kappa shape index (κ2) is 11.8. The van der Waals surface area contributed by atoms with Gasteiger partial charge in [0.1, 0.15) is 5.75 Å². The third kappa shape index (κ3) is 6.97. The standard InChI is InChI=1S/C31H29F3N2O4/c1-30(2,29(38)39)40-25-17-11-21(12-18-25)8-6-7-19-36-20-26(22-9-4-3-5-10-22)35-28(36)27(37)23-13-15-24(16-14-23)31(32,33)34/h3-5,9-18,20H,6-8,19H2,1-2H3,(H,38,39). The van der Waals surface area contributed by atoms with Crippen molar-refractivity contribution in [3.8, 4) is 17.0 Å². The van der Waals surface area contributed by atoms with Crippen LogP contribution in [0.25, 0.3) is 11.3 Å². The van der Waals surface area contributed by atoms with Crippen LogP contribution >= 0.6 is 0 Å². The Hall–Kier alpha value is -4.40. The number of carboxylic acids is 1. The molecule has 6 nitrogen and oxygen atoms in total. The van der Waals surface area contributed by atoms with E-state index in [0.29, 0.717) is 18.0 Å². The highest BCUT2D eigenvalue weighted by Gasteiger charge is 2.31. The second-order valence-electron chi connectivity index (χ2n) is 9.93. The molecule has 4 aromatic rings. The maximum Gasteiger partial charge on any atom is 0.416 e. The number of imidazole rings is 1. The number of carbonyl (C=O) groups is 2. The molecule has 0 saturated carbocycles. The number of benzene rings is 3. The van der Waals surface area contributed by atoms with E-state index in [1.54, 1.807) is 22.9 Å². The Bertz CT molecular complexity index is 1460. The molecule has 0 fully saturated rings. The number of ether oxygens (including phenoxy) is 1. The lowest BCUT2D eigenvalue weighted by Crippen LogP contribution is -2.37. The first kappa shape index (κ1) is 28.6. The summed E-state index contributed by atoms with van der Waals surface area (Å²) in [7, 11) is 0. The van der Waals surface area contributed by atoms with Gasteiger partial charge in [0, 0.05) is 23.9 Å². The summed E-state index contributed by atoms with van der Waals surface area (Å²) >= 11 is 0. The zero-order valence-corrected chi connectivity index (χ0v) is 22.1. The molecule has 0 amide bonds. The summed E-state index contributed by atoms with van der Waals surface area (Å²) in [6, 6.07) is 20.8. The van der Waals surface area contributed by atoms with Gasteiger partial charge in [0.05, 0.1) is 11.3 Å². The number of carboxylic acid groups (broad SMARTS) is 1. The lowest BCUT2D eigenvalue weighted by atomic mass is 10.1. The van der Waals surface area contributed by atoms with E-state index in [0.717, 1.165) is 42.5 Å². The molecule has 0 radical (unpaired) electrons. The lowest BCUT2D eigenvalue weighted by Gasteiger charge is -2.21. The molecule has 9 heteroatoms. The van der Waals surface area contributed by atoms with Gasteiger partial charge in [-0.05, 0) is 62.9 Å². The fourth-order valence-electron chi connectivity index (χ4n) is 4.13. The van der Waals surface area contributed by atoms with E-state index in [-0.39, 0.29) is 11.4 Å². The van der Waals surface area contributed by atoms with Crippen molar-refractivity contribution in [3.05, 3.63) is 108 Å². The number of ketones is 1. The van der Waals surface area contributed by atoms with Crippen molar-refractivity contribution in [2.45, 2.75) is 51.4 Å². The van der Waals surface area contributed by atoms with Crippen LogP contribution in [0, 0.1) is 0 Å². The minimum absolute atomic E-state index is 0.132. The lowest BCUT2D eigenvalue weighted by molar-refractivity contribution is -0.152. The number of nitrogens with zero attached hydrogens (tertiary/aromatic N) is 2. The van der Waals surface area contributed by atoms with Crippen molar-refractivity contribution < 1.29 is 32.6 Å². The summed E-state index contributed by atoms with van der Waals surface area (Å²) in [6.07, 6.45) is -0.410. The molecule has 4 rings (SSSR count). The topological polar surface area (TPSA) is 81.4 Å². The molecule has 208 valence electrons. The first-order valence-electron chi connectivity index (χ1n) is 12.8. The minimum atomic E-state index is -4.48. The number of aromatic nitrogens is 2.